The molecule has 1 aromatic carbocycles. The fraction of sp³-hybridized carbons (Fsp3) is 0.286. The Labute approximate surface area is 155 Å². The predicted molar refractivity (Wildman–Crippen MR) is 96.5 cm³/mol. The highest BCUT2D eigenvalue weighted by Crippen LogP contribution is 2.53. The molecule has 6 nitrogen and oxygen atoms in total. The molecule has 2 aliphatic carbocycles. The first-order valence-corrected chi connectivity index (χ1v) is 9.10. The van der Waals surface area contributed by atoms with Crippen LogP contribution < -0.4 is 10.2 Å². The van der Waals surface area contributed by atoms with E-state index in [1.165, 1.54) is 4.90 Å². The lowest BCUT2D eigenvalue weighted by atomic mass is 9.85. The molecule has 4 atom stereocenters. The van der Waals surface area contributed by atoms with Gasteiger partial charge in [0.25, 0.3) is 5.91 Å². The first kappa shape index (κ1) is 16.1. The van der Waals surface area contributed by atoms with Crippen LogP contribution in [0, 0.1) is 23.7 Å². The van der Waals surface area contributed by atoms with Crippen molar-refractivity contribution in [1.82, 2.24) is 5.32 Å². The summed E-state index contributed by atoms with van der Waals surface area (Å²) < 4.78 is 5.19. The van der Waals surface area contributed by atoms with E-state index in [1.807, 2.05) is 0 Å². The normalized spacial score (nSPS) is 28.1. The summed E-state index contributed by atoms with van der Waals surface area (Å²) in [5.41, 5.74) is 0.993. The first-order valence-electron chi connectivity index (χ1n) is 9.10. The number of nitrogens with zero attached hydrogens (tertiary/aromatic N) is 1. The average molecular weight is 362 g/mol. The number of furan rings is 1. The molecule has 2 aromatic rings. The van der Waals surface area contributed by atoms with Gasteiger partial charge >= 0.3 is 0 Å². The number of hydrogen-bond acceptors (Lipinski definition) is 4. The maximum atomic E-state index is 12.8. The molecule has 3 aliphatic rings. The molecule has 2 fully saturated rings. The fourth-order valence-corrected chi connectivity index (χ4v) is 4.60. The van der Waals surface area contributed by atoms with E-state index in [1.54, 1.807) is 42.7 Å². The van der Waals surface area contributed by atoms with Crippen LogP contribution in [0.15, 0.2) is 59.2 Å². The van der Waals surface area contributed by atoms with Gasteiger partial charge in [0.05, 0.1) is 30.3 Å². The largest absolute Gasteiger partial charge is 0.467 e. The quantitative estimate of drug-likeness (QED) is 0.670. The SMILES string of the molecule is O=C(NCc1ccco1)c1ccc(N2C(=O)[C@H]3[C@H](C2=O)[C@H]2C=C[C@H]3C2)cc1. The third-order valence-electron chi connectivity index (χ3n) is 5.86. The van der Waals surface area contributed by atoms with Crippen molar-refractivity contribution in [2.75, 3.05) is 4.90 Å². The summed E-state index contributed by atoms with van der Waals surface area (Å²) in [4.78, 5) is 39.2. The van der Waals surface area contributed by atoms with Crippen LogP contribution in [0.2, 0.25) is 0 Å². The van der Waals surface area contributed by atoms with Crippen molar-refractivity contribution in [1.29, 1.82) is 0 Å². The molecule has 1 aromatic heterocycles. The molecule has 0 spiro atoms. The minimum atomic E-state index is -0.240. The van der Waals surface area contributed by atoms with E-state index in [4.69, 9.17) is 4.42 Å². The highest BCUT2D eigenvalue weighted by molar-refractivity contribution is 6.22. The molecule has 5 rings (SSSR count). The van der Waals surface area contributed by atoms with Crippen molar-refractivity contribution in [2.24, 2.45) is 23.7 Å². The van der Waals surface area contributed by atoms with Gasteiger partial charge in [-0.25, -0.2) is 0 Å². The molecule has 1 N–H and O–H groups in total. The molecule has 1 aliphatic heterocycles. The summed E-state index contributed by atoms with van der Waals surface area (Å²) >= 11 is 0. The maximum Gasteiger partial charge on any atom is 0.251 e. The van der Waals surface area contributed by atoms with Crippen LogP contribution in [0.4, 0.5) is 5.69 Å². The Morgan fingerprint density at radius 3 is 2.30 bits per heavy atom. The third kappa shape index (κ3) is 2.44. The Morgan fingerprint density at radius 1 is 1.04 bits per heavy atom. The molecule has 27 heavy (non-hydrogen) atoms. The molecule has 3 amide bonds. The van der Waals surface area contributed by atoms with Gasteiger partial charge in [-0.15, -0.1) is 0 Å². The Bertz CT molecular complexity index is 915. The number of allylic oxidation sites excluding steroid dienone is 2. The lowest BCUT2D eigenvalue weighted by Gasteiger charge is -2.17. The number of imide groups is 1. The highest BCUT2D eigenvalue weighted by atomic mass is 16.3. The van der Waals surface area contributed by atoms with E-state index < -0.39 is 0 Å². The Morgan fingerprint density at radius 2 is 1.70 bits per heavy atom. The zero-order valence-electron chi connectivity index (χ0n) is 14.5. The van der Waals surface area contributed by atoms with Crippen molar-refractivity contribution >= 4 is 23.4 Å². The number of anilines is 1. The average Bonchev–Trinajstić information content (AvgIpc) is 3.45. The second-order valence-electron chi connectivity index (χ2n) is 7.32. The zero-order valence-corrected chi connectivity index (χ0v) is 14.5. The molecule has 6 heteroatoms. The monoisotopic (exact) mass is 362 g/mol. The van der Waals surface area contributed by atoms with E-state index in [-0.39, 0.29) is 41.4 Å². The van der Waals surface area contributed by atoms with Gasteiger partial charge in [-0.1, -0.05) is 12.2 Å². The molecule has 2 bridgehead atoms. The molecule has 1 saturated carbocycles. The summed E-state index contributed by atoms with van der Waals surface area (Å²) in [5.74, 6) is 0.140. The van der Waals surface area contributed by atoms with Crippen LogP contribution in [-0.2, 0) is 16.1 Å². The lowest BCUT2D eigenvalue weighted by Crippen LogP contribution is -2.32. The van der Waals surface area contributed by atoms with Gasteiger partial charge in [-0.2, -0.15) is 0 Å². The molecular formula is C21H18N2O4. The minimum Gasteiger partial charge on any atom is -0.467 e. The second-order valence-corrected chi connectivity index (χ2v) is 7.32. The van der Waals surface area contributed by atoms with Gasteiger partial charge in [-0.05, 0) is 54.7 Å². The van der Waals surface area contributed by atoms with Gasteiger partial charge in [0.15, 0.2) is 0 Å². The number of nitrogens with one attached hydrogen (secondary N) is 1. The summed E-state index contributed by atoms with van der Waals surface area (Å²) in [5, 5.41) is 2.77. The highest BCUT2D eigenvalue weighted by Gasteiger charge is 2.59. The molecule has 2 heterocycles. The standard InChI is InChI=1S/C21H18N2O4/c24-19(22-11-16-2-1-9-27-16)12-5-7-15(8-6-12)23-20(25)17-13-3-4-14(10-13)18(17)21(23)26/h1-9,13-14,17-18H,10-11H2,(H,22,24)/t13-,14-,17+,18+/m0/s1. The number of hydrogen-bond donors (Lipinski definition) is 1. The molecule has 136 valence electrons. The van der Waals surface area contributed by atoms with Crippen molar-refractivity contribution in [3.8, 4) is 0 Å². The zero-order chi connectivity index (χ0) is 18.5. The number of carbonyl (C=O) groups excluding carboxylic acids is 3. The topological polar surface area (TPSA) is 79.6 Å². The van der Waals surface area contributed by atoms with Crippen molar-refractivity contribution in [3.05, 3.63) is 66.1 Å². The van der Waals surface area contributed by atoms with Crippen LogP contribution in [0.3, 0.4) is 0 Å². The summed E-state index contributed by atoms with van der Waals surface area (Å²) in [7, 11) is 0. The Hall–Kier alpha value is -3.15. The van der Waals surface area contributed by atoms with Gasteiger partial charge in [0.1, 0.15) is 5.76 Å². The van der Waals surface area contributed by atoms with Crippen molar-refractivity contribution < 1.29 is 18.8 Å². The van der Waals surface area contributed by atoms with Crippen LogP contribution in [0.5, 0.6) is 0 Å². The van der Waals surface area contributed by atoms with Crippen LogP contribution in [0.1, 0.15) is 22.5 Å². The van der Waals surface area contributed by atoms with Gasteiger partial charge in [0.2, 0.25) is 11.8 Å². The number of benzene rings is 1. The lowest BCUT2D eigenvalue weighted by molar-refractivity contribution is -0.123. The van der Waals surface area contributed by atoms with E-state index in [0.717, 1.165) is 6.42 Å². The Kier molecular flexibility index (Phi) is 3.53. The third-order valence-corrected chi connectivity index (χ3v) is 5.86. The molecule has 1 saturated heterocycles. The van der Waals surface area contributed by atoms with Crippen molar-refractivity contribution in [3.63, 3.8) is 0 Å². The van der Waals surface area contributed by atoms with Crippen LogP contribution in [0.25, 0.3) is 0 Å². The van der Waals surface area contributed by atoms with Crippen LogP contribution in [-0.4, -0.2) is 17.7 Å². The molecular weight excluding hydrogens is 344 g/mol. The summed E-state index contributed by atoms with van der Waals surface area (Å²) in [6, 6.07) is 10.1. The summed E-state index contributed by atoms with van der Waals surface area (Å²) in [6.45, 7) is 0.301. The second kappa shape index (κ2) is 5.94. The van der Waals surface area contributed by atoms with Gasteiger partial charge in [-0.3, -0.25) is 19.3 Å². The number of carbonyl (C=O) groups is 3. The number of rotatable bonds is 4. The summed E-state index contributed by atoms with van der Waals surface area (Å²) in [6.07, 6.45) is 6.62. The predicted octanol–water partition coefficient (Wildman–Crippen LogP) is 2.52. The van der Waals surface area contributed by atoms with Crippen LogP contribution >= 0.6 is 0 Å². The number of amides is 3. The fourth-order valence-electron chi connectivity index (χ4n) is 4.60. The van der Waals surface area contributed by atoms with Gasteiger partial charge in [0, 0.05) is 5.56 Å². The number of fused-ring (bicyclic) bond motifs is 5. The minimum absolute atomic E-state index is 0.114. The Balaban J connectivity index is 1.31. The van der Waals surface area contributed by atoms with E-state index in [2.05, 4.69) is 17.5 Å². The van der Waals surface area contributed by atoms with Gasteiger partial charge < -0.3 is 9.73 Å². The van der Waals surface area contributed by atoms with E-state index in [0.29, 0.717) is 23.6 Å². The van der Waals surface area contributed by atoms with E-state index >= 15 is 0 Å². The van der Waals surface area contributed by atoms with E-state index in [9.17, 15) is 14.4 Å². The molecule has 0 radical (unpaired) electrons. The smallest absolute Gasteiger partial charge is 0.251 e. The maximum absolute atomic E-state index is 12.8. The van der Waals surface area contributed by atoms with Crippen molar-refractivity contribution in [2.45, 2.75) is 13.0 Å². The first-order chi connectivity index (χ1) is 13.1. The molecule has 0 unspecified atom stereocenters.